The predicted molar refractivity (Wildman–Crippen MR) is 114 cm³/mol. The number of nitrogens with zero attached hydrogens (tertiary/aromatic N) is 3. The number of hydrogen-bond acceptors (Lipinski definition) is 4. The van der Waals surface area contributed by atoms with E-state index in [9.17, 15) is 9.59 Å². The van der Waals surface area contributed by atoms with Gasteiger partial charge in [-0.1, -0.05) is 42.5 Å². The van der Waals surface area contributed by atoms with E-state index in [0.29, 0.717) is 42.7 Å². The molecule has 0 bridgehead atoms. The molecule has 3 aromatic rings. The number of carbonyl (C=O) groups excluding carboxylic acids is 1. The van der Waals surface area contributed by atoms with Crippen LogP contribution in [0.25, 0.3) is 10.9 Å². The van der Waals surface area contributed by atoms with Crippen LogP contribution >= 0.6 is 0 Å². The highest BCUT2D eigenvalue weighted by atomic mass is 16.5. The quantitative estimate of drug-likeness (QED) is 0.590. The van der Waals surface area contributed by atoms with E-state index in [1.807, 2.05) is 55.5 Å². The molecule has 0 saturated heterocycles. The van der Waals surface area contributed by atoms with Crippen molar-refractivity contribution in [2.75, 3.05) is 20.8 Å². The normalized spacial score (nSPS) is 12.1. The van der Waals surface area contributed by atoms with Crippen molar-refractivity contribution in [3.63, 3.8) is 0 Å². The first-order valence-corrected chi connectivity index (χ1v) is 9.81. The van der Waals surface area contributed by atoms with Crippen LogP contribution < -0.4 is 5.56 Å². The average Bonchev–Trinajstić information content (AvgIpc) is 2.76. The van der Waals surface area contributed by atoms with Crippen molar-refractivity contribution in [3.8, 4) is 0 Å². The Hall–Kier alpha value is -2.99. The Morgan fingerprint density at radius 1 is 1.14 bits per heavy atom. The minimum absolute atomic E-state index is 0.0158. The number of hydrogen-bond donors (Lipinski definition) is 0. The van der Waals surface area contributed by atoms with Gasteiger partial charge in [-0.3, -0.25) is 14.2 Å². The molecule has 0 N–H and O–H groups in total. The van der Waals surface area contributed by atoms with Crippen molar-refractivity contribution in [2.24, 2.45) is 0 Å². The van der Waals surface area contributed by atoms with Crippen LogP contribution in [0.4, 0.5) is 0 Å². The molecule has 1 unspecified atom stereocenters. The number of rotatable bonds is 8. The monoisotopic (exact) mass is 393 g/mol. The first kappa shape index (κ1) is 20.7. The van der Waals surface area contributed by atoms with Gasteiger partial charge in [-0.2, -0.15) is 0 Å². The number of ether oxygens (including phenoxy) is 1. The van der Waals surface area contributed by atoms with Gasteiger partial charge in [-0.05, 0) is 31.0 Å². The van der Waals surface area contributed by atoms with Crippen LogP contribution in [0.2, 0.25) is 0 Å². The number of methoxy groups -OCH3 is 1. The summed E-state index contributed by atoms with van der Waals surface area (Å²) in [6, 6.07) is 16.9. The van der Waals surface area contributed by atoms with Crippen molar-refractivity contribution in [1.82, 2.24) is 14.5 Å². The molecule has 0 aliphatic rings. The molecule has 3 rings (SSSR count). The number of para-hydroxylation sites is 1. The molecule has 0 aliphatic carbocycles. The van der Waals surface area contributed by atoms with Gasteiger partial charge in [0.25, 0.3) is 5.56 Å². The van der Waals surface area contributed by atoms with Gasteiger partial charge in [0, 0.05) is 20.6 Å². The lowest BCUT2D eigenvalue weighted by Gasteiger charge is -2.27. The summed E-state index contributed by atoms with van der Waals surface area (Å²) in [4.78, 5) is 32.2. The maximum Gasteiger partial charge on any atom is 0.261 e. The van der Waals surface area contributed by atoms with Crippen molar-refractivity contribution in [1.29, 1.82) is 0 Å². The van der Waals surface area contributed by atoms with Crippen molar-refractivity contribution < 1.29 is 9.53 Å². The lowest BCUT2D eigenvalue weighted by molar-refractivity contribution is -0.132. The largest absolute Gasteiger partial charge is 0.383 e. The molecular weight excluding hydrogens is 366 g/mol. The Bertz CT molecular complexity index is 1030. The Morgan fingerprint density at radius 2 is 1.83 bits per heavy atom. The zero-order valence-corrected chi connectivity index (χ0v) is 17.2. The molecule has 2 aromatic carbocycles. The molecule has 1 atom stereocenters. The average molecular weight is 393 g/mol. The zero-order valence-electron chi connectivity index (χ0n) is 17.2. The third-order valence-electron chi connectivity index (χ3n) is 5.23. The highest BCUT2D eigenvalue weighted by Gasteiger charge is 2.23. The van der Waals surface area contributed by atoms with E-state index in [0.717, 1.165) is 5.56 Å². The Kier molecular flexibility index (Phi) is 6.77. The molecule has 6 nitrogen and oxygen atoms in total. The summed E-state index contributed by atoms with van der Waals surface area (Å²) in [5, 5.41) is 0.567. The van der Waals surface area contributed by atoms with E-state index in [1.165, 1.54) is 0 Å². The molecule has 1 aromatic heterocycles. The smallest absolute Gasteiger partial charge is 0.261 e. The van der Waals surface area contributed by atoms with Gasteiger partial charge in [0.1, 0.15) is 5.82 Å². The topological polar surface area (TPSA) is 64.4 Å². The van der Waals surface area contributed by atoms with Gasteiger partial charge >= 0.3 is 0 Å². The minimum Gasteiger partial charge on any atom is -0.383 e. The lowest BCUT2D eigenvalue weighted by Crippen LogP contribution is -2.36. The molecule has 0 radical (unpaired) electrons. The molecule has 152 valence electrons. The third-order valence-corrected chi connectivity index (χ3v) is 5.23. The molecule has 0 spiro atoms. The summed E-state index contributed by atoms with van der Waals surface area (Å²) in [5.74, 6) is 0.586. The van der Waals surface area contributed by atoms with Gasteiger partial charge in [0.05, 0.1) is 30.1 Å². The highest BCUT2D eigenvalue weighted by Crippen LogP contribution is 2.20. The number of aryl methyl sites for hydroxylation is 1. The summed E-state index contributed by atoms with van der Waals surface area (Å²) in [6.45, 7) is 2.68. The van der Waals surface area contributed by atoms with E-state index in [1.54, 1.807) is 29.7 Å². The first-order chi connectivity index (χ1) is 14.0. The van der Waals surface area contributed by atoms with Crippen LogP contribution in [0.1, 0.15) is 30.8 Å². The maximum absolute atomic E-state index is 13.0. The predicted octanol–water partition coefficient (Wildman–Crippen LogP) is 3.20. The van der Waals surface area contributed by atoms with Crippen LogP contribution in [0.15, 0.2) is 59.4 Å². The molecule has 29 heavy (non-hydrogen) atoms. The van der Waals surface area contributed by atoms with Crippen LogP contribution in [0.5, 0.6) is 0 Å². The van der Waals surface area contributed by atoms with E-state index in [-0.39, 0.29) is 17.5 Å². The van der Waals surface area contributed by atoms with Crippen molar-refractivity contribution in [3.05, 3.63) is 76.3 Å². The number of aromatic nitrogens is 2. The molecule has 6 heteroatoms. The van der Waals surface area contributed by atoms with Gasteiger partial charge in [-0.25, -0.2) is 4.98 Å². The van der Waals surface area contributed by atoms with E-state index < -0.39 is 0 Å². The van der Waals surface area contributed by atoms with Crippen LogP contribution in [0, 0.1) is 0 Å². The molecule has 1 amide bonds. The summed E-state index contributed by atoms with van der Waals surface area (Å²) in [7, 11) is 3.36. The SMILES string of the molecule is COCCn1c(C(C)N(C)C(=O)CCc2ccccc2)nc2ccccc2c1=O. The fraction of sp³-hybridized carbons (Fsp3) is 0.348. The van der Waals surface area contributed by atoms with E-state index >= 15 is 0 Å². The summed E-state index contributed by atoms with van der Waals surface area (Å²) in [6.07, 6.45) is 1.08. The molecule has 0 fully saturated rings. The van der Waals surface area contributed by atoms with Gasteiger partial charge < -0.3 is 9.64 Å². The van der Waals surface area contributed by atoms with Gasteiger partial charge in [0.2, 0.25) is 5.91 Å². The Balaban J connectivity index is 1.87. The molecule has 1 heterocycles. The molecule has 0 saturated carbocycles. The van der Waals surface area contributed by atoms with Crippen molar-refractivity contribution >= 4 is 16.8 Å². The number of fused-ring (bicyclic) bond motifs is 1. The van der Waals surface area contributed by atoms with Crippen LogP contribution in [0.3, 0.4) is 0 Å². The standard InChI is InChI=1S/C23H27N3O3/c1-17(25(2)21(27)14-13-18-9-5-4-6-10-18)22-24-20-12-8-7-11-19(20)23(28)26(22)15-16-29-3/h4-12,17H,13-16H2,1-3H3. The molecular formula is C23H27N3O3. The zero-order chi connectivity index (χ0) is 20.8. The Morgan fingerprint density at radius 3 is 2.55 bits per heavy atom. The fourth-order valence-electron chi connectivity index (χ4n) is 3.36. The fourth-order valence-corrected chi connectivity index (χ4v) is 3.36. The highest BCUT2D eigenvalue weighted by molar-refractivity contribution is 5.78. The number of benzene rings is 2. The Labute approximate surface area is 170 Å². The van der Waals surface area contributed by atoms with Crippen LogP contribution in [-0.2, 0) is 22.5 Å². The second-order valence-electron chi connectivity index (χ2n) is 7.10. The summed E-state index contributed by atoms with van der Waals surface area (Å²) >= 11 is 0. The lowest BCUT2D eigenvalue weighted by atomic mass is 10.1. The molecule has 0 aliphatic heterocycles. The van der Waals surface area contributed by atoms with Crippen LogP contribution in [-0.4, -0.2) is 41.1 Å². The second-order valence-corrected chi connectivity index (χ2v) is 7.10. The number of amides is 1. The van der Waals surface area contributed by atoms with Gasteiger partial charge in [0.15, 0.2) is 0 Å². The minimum atomic E-state index is -0.340. The number of carbonyl (C=O) groups is 1. The first-order valence-electron chi connectivity index (χ1n) is 9.81. The van der Waals surface area contributed by atoms with Crippen molar-refractivity contribution in [2.45, 2.75) is 32.4 Å². The van der Waals surface area contributed by atoms with Gasteiger partial charge in [-0.15, -0.1) is 0 Å². The second kappa shape index (κ2) is 9.47. The van der Waals surface area contributed by atoms with E-state index in [4.69, 9.17) is 9.72 Å². The summed E-state index contributed by atoms with van der Waals surface area (Å²) < 4.78 is 6.80. The third kappa shape index (κ3) is 4.71. The summed E-state index contributed by atoms with van der Waals surface area (Å²) in [5.41, 5.74) is 1.65. The van der Waals surface area contributed by atoms with E-state index in [2.05, 4.69) is 0 Å². The maximum atomic E-state index is 13.0.